The van der Waals surface area contributed by atoms with Crippen molar-refractivity contribution in [2.24, 2.45) is 0 Å². The highest BCUT2D eigenvalue weighted by Crippen LogP contribution is 2.28. The van der Waals surface area contributed by atoms with Crippen LogP contribution >= 0.6 is 0 Å². The molecular weight excluding hydrogens is 366 g/mol. The molecule has 0 saturated carbocycles. The third-order valence-electron chi connectivity index (χ3n) is 5.27. The van der Waals surface area contributed by atoms with Crippen molar-refractivity contribution >= 4 is 11.8 Å². The van der Waals surface area contributed by atoms with Gasteiger partial charge in [0.2, 0.25) is 0 Å². The lowest BCUT2D eigenvalue weighted by molar-refractivity contribution is -0.130. The fraction of sp³-hybridized carbons (Fsp3) is 0.435. The van der Waals surface area contributed by atoms with Crippen LogP contribution in [0.15, 0.2) is 36.4 Å². The molecule has 0 bridgehead atoms. The molecule has 1 atom stereocenters. The summed E-state index contributed by atoms with van der Waals surface area (Å²) in [6, 6.07) is 11.1. The Labute approximate surface area is 172 Å². The molecule has 0 unspecified atom stereocenters. The molecule has 1 aromatic carbocycles. The molecule has 0 aliphatic heterocycles. The maximum Gasteiger partial charge on any atom is 0.270 e. The molecule has 2 aromatic rings. The molecule has 0 spiro atoms. The van der Waals surface area contributed by atoms with E-state index in [2.05, 4.69) is 10.3 Å². The Morgan fingerprint density at radius 2 is 1.90 bits per heavy atom. The van der Waals surface area contributed by atoms with Crippen LogP contribution in [0, 0.1) is 0 Å². The number of rotatable bonds is 7. The molecule has 0 saturated heterocycles. The molecule has 1 aliphatic rings. The van der Waals surface area contributed by atoms with Gasteiger partial charge in [-0.3, -0.25) is 9.59 Å². The lowest BCUT2D eigenvalue weighted by atomic mass is 9.96. The van der Waals surface area contributed by atoms with Crippen molar-refractivity contribution in [1.82, 2.24) is 15.2 Å². The zero-order valence-corrected chi connectivity index (χ0v) is 17.4. The Hall–Kier alpha value is -2.89. The number of para-hydroxylation sites is 1. The van der Waals surface area contributed by atoms with Crippen LogP contribution in [0.3, 0.4) is 0 Å². The molecule has 29 heavy (non-hydrogen) atoms. The van der Waals surface area contributed by atoms with E-state index in [1.54, 1.807) is 14.1 Å². The van der Waals surface area contributed by atoms with Gasteiger partial charge in [-0.25, -0.2) is 4.98 Å². The van der Waals surface area contributed by atoms with Crippen LogP contribution in [0.2, 0.25) is 0 Å². The van der Waals surface area contributed by atoms with Gasteiger partial charge in [0.15, 0.2) is 6.61 Å². The van der Waals surface area contributed by atoms with Crippen molar-refractivity contribution in [1.29, 1.82) is 0 Å². The number of ether oxygens (including phenoxy) is 1. The van der Waals surface area contributed by atoms with E-state index in [-0.39, 0.29) is 24.5 Å². The van der Waals surface area contributed by atoms with E-state index in [0.717, 1.165) is 30.5 Å². The number of aryl methyl sites for hydroxylation is 2. The van der Waals surface area contributed by atoms with E-state index in [9.17, 15) is 9.59 Å². The smallest absolute Gasteiger partial charge is 0.270 e. The van der Waals surface area contributed by atoms with Crippen LogP contribution in [0.4, 0.5) is 0 Å². The Bertz CT molecular complexity index is 879. The maximum absolute atomic E-state index is 12.9. The number of amides is 2. The maximum atomic E-state index is 12.9. The first-order valence-corrected chi connectivity index (χ1v) is 10.2. The molecule has 2 amide bonds. The highest BCUT2D eigenvalue weighted by Gasteiger charge is 2.20. The molecular formula is C23H29N3O3. The van der Waals surface area contributed by atoms with Crippen molar-refractivity contribution < 1.29 is 14.3 Å². The topological polar surface area (TPSA) is 71.5 Å². The van der Waals surface area contributed by atoms with E-state index in [4.69, 9.17) is 4.74 Å². The zero-order chi connectivity index (χ0) is 20.8. The number of hydrogen-bond donors (Lipinski definition) is 1. The van der Waals surface area contributed by atoms with Gasteiger partial charge in [0, 0.05) is 25.4 Å². The number of carbonyl (C=O) groups is 2. The molecule has 6 heteroatoms. The lowest BCUT2D eigenvalue weighted by Crippen LogP contribution is -2.30. The van der Waals surface area contributed by atoms with E-state index < -0.39 is 0 Å². The molecule has 1 aromatic heterocycles. The van der Waals surface area contributed by atoms with Crippen molar-refractivity contribution in [3.8, 4) is 5.75 Å². The van der Waals surface area contributed by atoms with Crippen molar-refractivity contribution in [2.45, 2.75) is 45.1 Å². The van der Waals surface area contributed by atoms with Gasteiger partial charge in [-0.1, -0.05) is 31.2 Å². The van der Waals surface area contributed by atoms with Gasteiger partial charge in [0.05, 0.1) is 6.04 Å². The SMILES string of the molecule is CC[C@@H](NC(=O)c1ccc2c(n1)CCCC2)c1ccccc1OCC(=O)N(C)C. The van der Waals surface area contributed by atoms with Crippen LogP contribution in [0.5, 0.6) is 5.75 Å². The largest absolute Gasteiger partial charge is 0.483 e. The molecule has 3 rings (SSSR count). The fourth-order valence-corrected chi connectivity index (χ4v) is 3.51. The molecule has 6 nitrogen and oxygen atoms in total. The van der Waals surface area contributed by atoms with Gasteiger partial charge in [0.25, 0.3) is 11.8 Å². The first-order valence-electron chi connectivity index (χ1n) is 10.2. The average molecular weight is 396 g/mol. The minimum atomic E-state index is -0.231. The second-order valence-corrected chi connectivity index (χ2v) is 7.56. The van der Waals surface area contributed by atoms with Crippen LogP contribution in [-0.4, -0.2) is 42.4 Å². The summed E-state index contributed by atoms with van der Waals surface area (Å²) >= 11 is 0. The molecule has 1 N–H and O–H groups in total. The number of nitrogens with one attached hydrogen (secondary N) is 1. The molecule has 1 heterocycles. The summed E-state index contributed by atoms with van der Waals surface area (Å²) in [7, 11) is 3.39. The molecule has 154 valence electrons. The van der Waals surface area contributed by atoms with Gasteiger partial charge in [-0.2, -0.15) is 0 Å². The quantitative estimate of drug-likeness (QED) is 0.781. The Morgan fingerprint density at radius 3 is 2.66 bits per heavy atom. The Morgan fingerprint density at radius 1 is 1.14 bits per heavy atom. The average Bonchev–Trinajstić information content (AvgIpc) is 2.75. The number of pyridine rings is 1. The Kier molecular flexibility index (Phi) is 6.86. The van der Waals surface area contributed by atoms with E-state index in [0.29, 0.717) is 17.9 Å². The third-order valence-corrected chi connectivity index (χ3v) is 5.27. The predicted octanol–water partition coefficient (Wildman–Crippen LogP) is 3.31. The highest BCUT2D eigenvalue weighted by atomic mass is 16.5. The minimum absolute atomic E-state index is 0.0409. The van der Waals surface area contributed by atoms with Gasteiger partial charge in [0.1, 0.15) is 11.4 Å². The zero-order valence-electron chi connectivity index (χ0n) is 17.4. The van der Waals surface area contributed by atoms with Gasteiger partial charge in [-0.05, 0) is 49.8 Å². The van der Waals surface area contributed by atoms with Crippen molar-refractivity contribution in [3.63, 3.8) is 0 Å². The summed E-state index contributed by atoms with van der Waals surface area (Å²) in [5, 5.41) is 3.08. The standard InChI is InChI=1S/C23H29N3O3/c1-4-18(17-10-6-8-12-21(17)29-15-22(27)26(2)3)25-23(28)20-14-13-16-9-5-7-11-19(16)24-20/h6,8,10,12-14,18H,4-5,7,9,11,15H2,1-3H3,(H,25,28)/t18-/m1/s1. The van der Waals surface area contributed by atoms with E-state index >= 15 is 0 Å². The van der Waals surface area contributed by atoms with Crippen molar-refractivity contribution in [3.05, 3.63) is 58.9 Å². The van der Waals surface area contributed by atoms with Crippen LogP contribution < -0.4 is 10.1 Å². The van der Waals surface area contributed by atoms with E-state index in [1.807, 2.05) is 43.3 Å². The fourth-order valence-electron chi connectivity index (χ4n) is 3.51. The number of fused-ring (bicyclic) bond motifs is 1. The van der Waals surface area contributed by atoms with E-state index in [1.165, 1.54) is 16.9 Å². The summed E-state index contributed by atoms with van der Waals surface area (Å²) in [6.45, 7) is 1.97. The molecule has 0 radical (unpaired) electrons. The first kappa shape index (κ1) is 20.8. The van der Waals surface area contributed by atoms with Crippen LogP contribution in [0.25, 0.3) is 0 Å². The number of likely N-dealkylation sites (N-methyl/N-ethyl adjacent to an activating group) is 1. The Balaban J connectivity index is 1.74. The number of hydrogen-bond acceptors (Lipinski definition) is 4. The highest BCUT2D eigenvalue weighted by molar-refractivity contribution is 5.92. The predicted molar refractivity (Wildman–Crippen MR) is 112 cm³/mol. The number of aromatic nitrogens is 1. The number of nitrogens with zero attached hydrogens (tertiary/aromatic N) is 2. The normalized spacial score (nSPS) is 13.9. The second kappa shape index (κ2) is 9.54. The summed E-state index contributed by atoms with van der Waals surface area (Å²) in [4.78, 5) is 30.8. The second-order valence-electron chi connectivity index (χ2n) is 7.56. The number of carbonyl (C=O) groups excluding carboxylic acids is 2. The summed E-state index contributed by atoms with van der Waals surface area (Å²) < 4.78 is 5.75. The molecule has 0 fully saturated rings. The summed E-state index contributed by atoms with van der Waals surface area (Å²) in [6.07, 6.45) is 4.98. The van der Waals surface area contributed by atoms with Crippen LogP contribution in [-0.2, 0) is 17.6 Å². The van der Waals surface area contributed by atoms with Crippen LogP contribution in [0.1, 0.15) is 59.5 Å². The molecule has 1 aliphatic carbocycles. The monoisotopic (exact) mass is 395 g/mol. The van der Waals surface area contributed by atoms with Crippen molar-refractivity contribution in [2.75, 3.05) is 20.7 Å². The number of benzene rings is 1. The summed E-state index contributed by atoms with van der Waals surface area (Å²) in [5.74, 6) is 0.299. The van der Waals surface area contributed by atoms with Gasteiger partial charge < -0.3 is 15.0 Å². The van der Waals surface area contributed by atoms with Gasteiger partial charge in [-0.15, -0.1) is 0 Å². The lowest BCUT2D eigenvalue weighted by Gasteiger charge is -2.21. The summed E-state index contributed by atoms with van der Waals surface area (Å²) in [5.41, 5.74) is 3.60. The third kappa shape index (κ3) is 5.13. The first-order chi connectivity index (χ1) is 14.0. The van der Waals surface area contributed by atoms with Gasteiger partial charge >= 0.3 is 0 Å². The minimum Gasteiger partial charge on any atom is -0.483 e.